The van der Waals surface area contributed by atoms with Crippen molar-refractivity contribution in [3.05, 3.63) is 23.0 Å². The van der Waals surface area contributed by atoms with Crippen molar-refractivity contribution >= 4 is 17.8 Å². The SMILES string of the molecule is COCCn1c(C)cc(C(=O)COC(=O)C(C)NC(N)=O)c1C. The fourth-order valence-electron chi connectivity index (χ4n) is 2.22. The summed E-state index contributed by atoms with van der Waals surface area (Å²) in [5.41, 5.74) is 7.15. The smallest absolute Gasteiger partial charge is 0.328 e. The van der Waals surface area contributed by atoms with Crippen molar-refractivity contribution in [2.75, 3.05) is 20.3 Å². The minimum Gasteiger partial charge on any atom is -0.456 e. The van der Waals surface area contributed by atoms with E-state index < -0.39 is 24.6 Å². The third kappa shape index (κ3) is 5.10. The standard InChI is InChI=1S/C15H23N3O5/c1-9-7-12(11(3)18(9)5-6-22-4)13(19)8-23-14(20)10(2)17-15(16)21/h7,10H,5-6,8H2,1-4H3,(H3,16,17,21). The van der Waals surface area contributed by atoms with Crippen LogP contribution in [0.15, 0.2) is 6.07 Å². The van der Waals surface area contributed by atoms with E-state index in [9.17, 15) is 14.4 Å². The number of ether oxygens (including phenoxy) is 2. The van der Waals surface area contributed by atoms with Crippen molar-refractivity contribution in [2.45, 2.75) is 33.4 Å². The van der Waals surface area contributed by atoms with Crippen molar-refractivity contribution in [3.63, 3.8) is 0 Å². The molecule has 2 amide bonds. The Morgan fingerprint density at radius 3 is 2.57 bits per heavy atom. The van der Waals surface area contributed by atoms with E-state index in [1.165, 1.54) is 6.92 Å². The van der Waals surface area contributed by atoms with E-state index in [1.807, 2.05) is 18.4 Å². The highest BCUT2D eigenvalue weighted by Gasteiger charge is 2.20. The number of urea groups is 1. The van der Waals surface area contributed by atoms with E-state index in [0.717, 1.165) is 11.4 Å². The Labute approximate surface area is 134 Å². The lowest BCUT2D eigenvalue weighted by Crippen LogP contribution is -2.42. The van der Waals surface area contributed by atoms with Gasteiger partial charge in [0.25, 0.3) is 0 Å². The first-order valence-electron chi connectivity index (χ1n) is 7.19. The zero-order valence-electron chi connectivity index (χ0n) is 13.8. The number of esters is 1. The van der Waals surface area contributed by atoms with Crippen LogP contribution in [0, 0.1) is 13.8 Å². The molecule has 128 valence electrons. The summed E-state index contributed by atoms with van der Waals surface area (Å²) >= 11 is 0. The maximum absolute atomic E-state index is 12.2. The van der Waals surface area contributed by atoms with Gasteiger partial charge in [-0.3, -0.25) is 4.79 Å². The topological polar surface area (TPSA) is 113 Å². The van der Waals surface area contributed by atoms with Gasteiger partial charge < -0.3 is 25.1 Å². The average Bonchev–Trinajstić information content (AvgIpc) is 2.76. The molecule has 0 aromatic carbocycles. The normalized spacial score (nSPS) is 11.8. The van der Waals surface area contributed by atoms with Crippen molar-refractivity contribution in [1.29, 1.82) is 0 Å². The van der Waals surface area contributed by atoms with Crippen LogP contribution in [0.4, 0.5) is 4.79 Å². The molecule has 0 aliphatic heterocycles. The molecule has 0 aliphatic carbocycles. The van der Waals surface area contributed by atoms with Crippen molar-refractivity contribution in [1.82, 2.24) is 9.88 Å². The number of hydrogen-bond acceptors (Lipinski definition) is 5. The lowest BCUT2D eigenvalue weighted by Gasteiger charge is -2.11. The van der Waals surface area contributed by atoms with Crippen LogP contribution < -0.4 is 11.1 Å². The highest BCUT2D eigenvalue weighted by Crippen LogP contribution is 2.16. The molecule has 1 aromatic heterocycles. The van der Waals surface area contributed by atoms with Crippen molar-refractivity contribution < 1.29 is 23.9 Å². The monoisotopic (exact) mass is 325 g/mol. The minimum atomic E-state index is -0.908. The van der Waals surface area contributed by atoms with E-state index >= 15 is 0 Å². The number of hydrogen-bond donors (Lipinski definition) is 2. The summed E-state index contributed by atoms with van der Waals surface area (Å²) in [7, 11) is 1.61. The largest absolute Gasteiger partial charge is 0.456 e. The predicted molar refractivity (Wildman–Crippen MR) is 83.3 cm³/mol. The van der Waals surface area contributed by atoms with Crippen LogP contribution in [0.3, 0.4) is 0 Å². The molecular formula is C15H23N3O5. The zero-order chi connectivity index (χ0) is 17.6. The zero-order valence-corrected chi connectivity index (χ0v) is 13.8. The second-order valence-corrected chi connectivity index (χ2v) is 5.19. The van der Waals surface area contributed by atoms with Gasteiger partial charge in [0.1, 0.15) is 6.04 Å². The first-order valence-corrected chi connectivity index (χ1v) is 7.19. The molecule has 0 saturated heterocycles. The van der Waals surface area contributed by atoms with Gasteiger partial charge in [0, 0.05) is 30.6 Å². The first kappa shape index (κ1) is 18.7. The van der Waals surface area contributed by atoms with E-state index in [2.05, 4.69) is 5.32 Å². The average molecular weight is 325 g/mol. The van der Waals surface area contributed by atoms with E-state index in [-0.39, 0.29) is 5.78 Å². The van der Waals surface area contributed by atoms with Crippen LogP contribution in [-0.4, -0.2) is 48.7 Å². The lowest BCUT2D eigenvalue weighted by molar-refractivity contribution is -0.144. The highest BCUT2D eigenvalue weighted by molar-refractivity contribution is 5.99. The number of Topliss-reactive ketones (excluding diaryl/α,β-unsaturated/α-hetero) is 1. The molecule has 0 fully saturated rings. The number of carbonyl (C=O) groups is 3. The summed E-state index contributed by atoms with van der Waals surface area (Å²) in [5, 5.41) is 2.19. The molecule has 3 N–H and O–H groups in total. The Kier molecular flexibility index (Phi) is 6.77. The van der Waals surface area contributed by atoms with Gasteiger partial charge in [0.2, 0.25) is 5.78 Å². The van der Waals surface area contributed by atoms with Gasteiger partial charge >= 0.3 is 12.0 Å². The van der Waals surface area contributed by atoms with Gasteiger partial charge in [-0.25, -0.2) is 9.59 Å². The molecule has 1 aromatic rings. The second-order valence-electron chi connectivity index (χ2n) is 5.19. The van der Waals surface area contributed by atoms with Crippen LogP contribution in [0.1, 0.15) is 28.7 Å². The summed E-state index contributed by atoms with van der Waals surface area (Å²) in [6, 6.07) is 0.0172. The first-order chi connectivity index (χ1) is 10.8. The van der Waals surface area contributed by atoms with Gasteiger partial charge in [0.15, 0.2) is 6.61 Å². The fraction of sp³-hybridized carbons (Fsp3) is 0.533. The molecule has 0 saturated carbocycles. The quantitative estimate of drug-likeness (QED) is 0.535. The molecule has 0 spiro atoms. The van der Waals surface area contributed by atoms with Crippen molar-refractivity contribution in [3.8, 4) is 0 Å². The number of primary amides is 1. The molecule has 8 nitrogen and oxygen atoms in total. The molecule has 1 unspecified atom stereocenters. The molecule has 1 rings (SSSR count). The Morgan fingerprint density at radius 1 is 1.35 bits per heavy atom. The molecule has 0 radical (unpaired) electrons. The third-order valence-corrected chi connectivity index (χ3v) is 3.45. The molecule has 1 atom stereocenters. The summed E-state index contributed by atoms with van der Waals surface area (Å²) in [5.74, 6) is -1.02. The summed E-state index contributed by atoms with van der Waals surface area (Å²) in [6.07, 6.45) is 0. The predicted octanol–water partition coefficient (Wildman–Crippen LogP) is 0.534. The number of nitrogens with zero attached hydrogens (tertiary/aromatic N) is 1. The maximum atomic E-state index is 12.2. The number of methoxy groups -OCH3 is 1. The van der Waals surface area contributed by atoms with E-state index in [1.54, 1.807) is 13.2 Å². The number of aromatic nitrogens is 1. The third-order valence-electron chi connectivity index (χ3n) is 3.45. The highest BCUT2D eigenvalue weighted by atomic mass is 16.5. The second kappa shape index (κ2) is 8.33. The molecule has 8 heteroatoms. The Bertz CT molecular complexity index is 594. The Balaban J connectivity index is 2.68. The number of rotatable bonds is 8. The molecular weight excluding hydrogens is 302 g/mol. The Hall–Kier alpha value is -2.35. The van der Waals surface area contributed by atoms with Gasteiger partial charge in [0.05, 0.1) is 6.61 Å². The number of nitrogens with two attached hydrogens (primary N) is 1. The number of ketones is 1. The van der Waals surface area contributed by atoms with Gasteiger partial charge in [-0.15, -0.1) is 0 Å². The van der Waals surface area contributed by atoms with Crippen LogP contribution in [0.25, 0.3) is 0 Å². The van der Waals surface area contributed by atoms with Gasteiger partial charge in [-0.2, -0.15) is 0 Å². The summed E-state index contributed by atoms with van der Waals surface area (Å²) < 4.78 is 11.9. The van der Waals surface area contributed by atoms with Gasteiger partial charge in [-0.1, -0.05) is 0 Å². The number of carbonyl (C=O) groups excluding carboxylic acids is 3. The number of nitrogens with one attached hydrogen (secondary N) is 1. The van der Waals surface area contributed by atoms with E-state index in [4.69, 9.17) is 15.2 Å². The van der Waals surface area contributed by atoms with Crippen molar-refractivity contribution in [2.24, 2.45) is 5.73 Å². The number of aryl methyl sites for hydroxylation is 1. The maximum Gasteiger partial charge on any atom is 0.328 e. The number of amides is 2. The van der Waals surface area contributed by atoms with Crippen LogP contribution in [0.5, 0.6) is 0 Å². The molecule has 23 heavy (non-hydrogen) atoms. The van der Waals surface area contributed by atoms with Crippen LogP contribution in [0.2, 0.25) is 0 Å². The van der Waals surface area contributed by atoms with Crippen LogP contribution in [-0.2, 0) is 20.8 Å². The lowest BCUT2D eigenvalue weighted by atomic mass is 10.1. The minimum absolute atomic E-state index is 0.304. The summed E-state index contributed by atoms with van der Waals surface area (Å²) in [4.78, 5) is 34.5. The van der Waals surface area contributed by atoms with Gasteiger partial charge in [-0.05, 0) is 26.8 Å². The fourth-order valence-corrected chi connectivity index (χ4v) is 2.22. The molecule has 0 bridgehead atoms. The Morgan fingerprint density at radius 2 is 2.00 bits per heavy atom. The van der Waals surface area contributed by atoms with E-state index in [0.29, 0.717) is 18.7 Å². The molecule has 1 heterocycles. The molecule has 0 aliphatic rings. The summed E-state index contributed by atoms with van der Waals surface area (Å²) in [6.45, 7) is 5.93. The van der Waals surface area contributed by atoms with Crippen LogP contribution >= 0.6 is 0 Å².